The molecule has 1 N–H and O–H groups in total. The number of methoxy groups -OCH3 is 16. The Kier molecular flexibility index (Phi) is 65.6. The SMILES string of the molecule is CCCCOCC(COC)(COC)COCC(COC)(COC)COCC(COC)(COC)COCC(COC)(COC)COCC(CC)(COC)COCC(CC)(COC)COCC(CC)(COC)COCC(CC)(COC)COCC(CC)(COC)COCC(CC)(COC)COCC(CC)(COC)COCC(CC)(CO)COC. The second-order valence-electron chi connectivity index (χ2n) is 34.7. The largest absolute Gasteiger partial charge is 0.396 e. The molecule has 0 saturated carbocycles. The van der Waals surface area contributed by atoms with Crippen molar-refractivity contribution < 1.29 is 138 Å². The van der Waals surface area contributed by atoms with Gasteiger partial charge in [-0.2, -0.15) is 0 Å². The summed E-state index contributed by atoms with van der Waals surface area (Å²) in [5.74, 6) is 0. The van der Waals surface area contributed by atoms with Crippen LogP contribution < -0.4 is 0 Å². The van der Waals surface area contributed by atoms with Crippen LogP contribution in [0.3, 0.4) is 0 Å². The van der Waals surface area contributed by atoms with Crippen LogP contribution in [-0.2, 0) is 133 Å². The summed E-state index contributed by atoms with van der Waals surface area (Å²) in [6, 6.07) is 0. The lowest BCUT2D eigenvalue weighted by Crippen LogP contribution is -2.48. The molecule has 117 heavy (non-hydrogen) atoms. The van der Waals surface area contributed by atoms with Crippen molar-refractivity contribution in [2.45, 2.75) is 127 Å². The third-order valence-corrected chi connectivity index (χ3v) is 23.6. The highest BCUT2D eigenvalue weighted by Gasteiger charge is 2.44. The molecule has 0 aliphatic heterocycles. The van der Waals surface area contributed by atoms with E-state index in [-0.39, 0.29) is 72.7 Å². The maximum absolute atomic E-state index is 10.3. The summed E-state index contributed by atoms with van der Waals surface area (Å²) in [6.07, 6.45) is 7.90. The van der Waals surface area contributed by atoms with Crippen LogP contribution in [-0.4, -0.2) is 390 Å². The summed E-state index contributed by atoms with van der Waals surface area (Å²) in [5.41, 5.74) is -6.39. The number of aliphatic hydroxyl groups excluding tert-OH is 1. The molecule has 29 nitrogen and oxygen atoms in total. The smallest absolute Gasteiger partial charge is 0.0637 e. The highest BCUT2D eigenvalue weighted by Crippen LogP contribution is 2.37. The Morgan fingerprint density at radius 2 is 0.256 bits per heavy atom. The summed E-state index contributed by atoms with van der Waals surface area (Å²) in [6.45, 7) is 33.5. The molecule has 0 aliphatic rings. The van der Waals surface area contributed by atoms with Gasteiger partial charge in [-0.15, -0.1) is 0 Å². The quantitative estimate of drug-likeness (QED) is 0.0554. The Morgan fingerprint density at radius 3 is 0.376 bits per heavy atom. The summed E-state index contributed by atoms with van der Waals surface area (Å²) < 4.78 is 173. The first-order valence-corrected chi connectivity index (χ1v) is 42.7. The first-order chi connectivity index (χ1) is 56.4. The third kappa shape index (κ3) is 42.8. The van der Waals surface area contributed by atoms with E-state index in [4.69, 9.17) is 133 Å². The summed E-state index contributed by atoms with van der Waals surface area (Å²) in [5, 5.41) is 10.3. The Bertz CT molecular complexity index is 2240. The Labute approximate surface area is 710 Å². The molecule has 0 amide bonds. The molecule has 0 aromatic heterocycles. The molecule has 0 saturated heterocycles. The molecule has 0 aromatic carbocycles. The fourth-order valence-electron chi connectivity index (χ4n) is 15.2. The van der Waals surface area contributed by atoms with Crippen molar-refractivity contribution >= 4 is 0 Å². The Morgan fingerprint density at radius 1 is 0.145 bits per heavy atom. The van der Waals surface area contributed by atoms with Gasteiger partial charge in [-0.3, -0.25) is 0 Å². The van der Waals surface area contributed by atoms with E-state index in [1.165, 1.54) is 0 Å². The van der Waals surface area contributed by atoms with Crippen LogP contribution in [0.25, 0.3) is 0 Å². The fourth-order valence-corrected chi connectivity index (χ4v) is 15.2. The van der Waals surface area contributed by atoms with E-state index in [0.717, 1.165) is 57.8 Å². The standard InChI is InChI=1S/C88H178O29/c1-26-35-36-106-69-85(46-98-18,47-99-19)70-115-73-87(50-102-22,51-103-23)74-117-76-88(52-104-24,53-105-25)75-116-72-86(48-100-20,49-101-21)71-114-68-84(34-9,45-97-17)67-113-66-83(33-8,44-96-16)65-112-64-82(32-7,43-95-15)63-111-62-81(31-6,42-94-14)61-110-60-80(30-5,41-93-13)59-109-58-79(29-4,40-92-12)57-108-56-78(28-3,39-91-11)55-107-54-77(27-2,37-89)38-90-10/h89H,26-76H2,1-25H3. The van der Waals surface area contributed by atoms with Crippen LogP contribution in [0, 0.1) is 65.0 Å². The molecule has 0 radical (unpaired) electrons. The molecule has 0 rings (SSSR count). The number of rotatable bonds is 90. The third-order valence-electron chi connectivity index (χ3n) is 23.6. The van der Waals surface area contributed by atoms with E-state index in [1.54, 1.807) is 114 Å². The minimum absolute atomic E-state index is 0.0291. The van der Waals surface area contributed by atoms with Crippen molar-refractivity contribution in [1.82, 2.24) is 0 Å². The average molecular weight is 1700 g/mol. The summed E-state index contributed by atoms with van der Waals surface area (Å²) in [4.78, 5) is 0. The molecular weight excluding hydrogens is 1520 g/mol. The van der Waals surface area contributed by atoms with Crippen LogP contribution in [0.5, 0.6) is 0 Å². The minimum Gasteiger partial charge on any atom is -0.396 e. The van der Waals surface area contributed by atoms with Crippen molar-refractivity contribution in [2.75, 3.05) is 385 Å². The second-order valence-corrected chi connectivity index (χ2v) is 34.7. The van der Waals surface area contributed by atoms with Crippen LogP contribution in [0.2, 0.25) is 0 Å². The number of hydrogen-bond donors (Lipinski definition) is 1. The van der Waals surface area contributed by atoms with Crippen molar-refractivity contribution in [3.63, 3.8) is 0 Å². The predicted octanol–water partition coefficient (Wildman–Crippen LogP) is 10.4. The zero-order valence-corrected chi connectivity index (χ0v) is 78.9. The molecule has 0 heterocycles. The van der Waals surface area contributed by atoms with E-state index in [2.05, 4.69) is 55.4 Å². The molecule has 0 aromatic rings. The lowest BCUT2D eigenvalue weighted by molar-refractivity contribution is -0.157. The minimum atomic E-state index is -0.729. The summed E-state index contributed by atoms with van der Waals surface area (Å²) in [7, 11) is 27.0. The second kappa shape index (κ2) is 66.3. The number of hydrogen-bond acceptors (Lipinski definition) is 29. The van der Waals surface area contributed by atoms with Gasteiger partial charge in [0.15, 0.2) is 0 Å². The van der Waals surface area contributed by atoms with Crippen LogP contribution in [0.1, 0.15) is 127 Å². The van der Waals surface area contributed by atoms with Crippen LogP contribution in [0.15, 0.2) is 0 Å². The van der Waals surface area contributed by atoms with E-state index in [9.17, 15) is 5.11 Å². The van der Waals surface area contributed by atoms with Crippen molar-refractivity contribution in [3.05, 3.63) is 0 Å². The number of ether oxygens (including phenoxy) is 28. The number of unbranched alkanes of at least 4 members (excludes halogenated alkanes) is 1. The highest BCUT2D eigenvalue weighted by molar-refractivity contribution is 4.91. The van der Waals surface area contributed by atoms with Gasteiger partial charge >= 0.3 is 0 Å². The molecule has 0 fully saturated rings. The van der Waals surface area contributed by atoms with Crippen LogP contribution in [0.4, 0.5) is 0 Å². The molecule has 0 bridgehead atoms. The maximum Gasteiger partial charge on any atom is 0.0637 e. The maximum atomic E-state index is 10.3. The van der Waals surface area contributed by atoms with Crippen molar-refractivity contribution in [3.8, 4) is 0 Å². The molecule has 29 heteroatoms. The molecule has 8 atom stereocenters. The topological polar surface area (TPSA) is 279 Å². The molecular formula is C88H178O29. The van der Waals surface area contributed by atoms with Crippen molar-refractivity contribution in [1.29, 1.82) is 0 Å². The van der Waals surface area contributed by atoms with Gasteiger partial charge in [-0.1, -0.05) is 68.7 Å². The molecule has 704 valence electrons. The predicted molar refractivity (Wildman–Crippen MR) is 453 cm³/mol. The fraction of sp³-hybridized carbons (Fsp3) is 1.00. The van der Waals surface area contributed by atoms with E-state index in [1.807, 2.05) is 6.92 Å². The molecule has 0 aliphatic carbocycles. The first kappa shape index (κ1) is 116. The van der Waals surface area contributed by atoms with Crippen molar-refractivity contribution in [2.24, 2.45) is 65.0 Å². The van der Waals surface area contributed by atoms with Gasteiger partial charge < -0.3 is 138 Å². The van der Waals surface area contributed by atoms with Crippen LogP contribution >= 0.6 is 0 Å². The molecule has 8 unspecified atom stereocenters. The van der Waals surface area contributed by atoms with E-state index >= 15 is 0 Å². The number of aliphatic hydroxyl groups is 1. The van der Waals surface area contributed by atoms with Gasteiger partial charge in [0.25, 0.3) is 0 Å². The van der Waals surface area contributed by atoms with E-state index < -0.39 is 65.0 Å². The molecule has 0 spiro atoms. The Hall–Kier alpha value is -1.16. The van der Waals surface area contributed by atoms with Gasteiger partial charge in [0.05, 0.1) is 286 Å². The summed E-state index contributed by atoms with van der Waals surface area (Å²) >= 11 is 0. The van der Waals surface area contributed by atoms with Gasteiger partial charge in [-0.25, -0.2) is 0 Å². The lowest BCUT2D eigenvalue weighted by atomic mass is 9.85. The van der Waals surface area contributed by atoms with Gasteiger partial charge in [-0.05, 0) is 57.8 Å². The van der Waals surface area contributed by atoms with Gasteiger partial charge in [0.1, 0.15) is 0 Å². The monoisotopic (exact) mass is 1700 g/mol. The average Bonchev–Trinajstić information content (AvgIpc) is 0.851. The van der Waals surface area contributed by atoms with Gasteiger partial charge in [0.2, 0.25) is 0 Å². The lowest BCUT2D eigenvalue weighted by Gasteiger charge is -2.39. The zero-order valence-electron chi connectivity index (χ0n) is 78.9. The highest BCUT2D eigenvalue weighted by atomic mass is 16.6. The van der Waals surface area contributed by atoms with Gasteiger partial charge in [0, 0.05) is 164 Å². The van der Waals surface area contributed by atoms with E-state index in [0.29, 0.717) is 205 Å². The first-order valence-electron chi connectivity index (χ1n) is 42.7. The zero-order chi connectivity index (χ0) is 87.9. The Balaban J connectivity index is 6.46. The normalized spacial score (nSPS) is 17.0.